The Balaban J connectivity index is 1.69. The van der Waals surface area contributed by atoms with Gasteiger partial charge in [0.25, 0.3) is 0 Å². The number of nitrogens with one attached hydrogen (secondary N) is 1. The van der Waals surface area contributed by atoms with Crippen molar-refractivity contribution in [2.45, 2.75) is 19.0 Å². The van der Waals surface area contributed by atoms with Crippen molar-refractivity contribution in [2.24, 2.45) is 5.92 Å². The van der Waals surface area contributed by atoms with Crippen molar-refractivity contribution in [1.29, 1.82) is 0 Å². The summed E-state index contributed by atoms with van der Waals surface area (Å²) in [6, 6.07) is 7.77. The van der Waals surface area contributed by atoms with Crippen LogP contribution in [0.1, 0.15) is 24.6 Å². The molecular weight excluding hydrogens is 286 g/mol. The molecule has 1 atom stereocenters. The first-order valence-corrected chi connectivity index (χ1v) is 7.98. The zero-order chi connectivity index (χ0) is 14.8. The third-order valence-electron chi connectivity index (χ3n) is 4.56. The highest BCUT2D eigenvalue weighted by atomic mass is 35.5. The molecule has 5 heteroatoms. The minimum absolute atomic E-state index is 0.00516. The van der Waals surface area contributed by atoms with Crippen molar-refractivity contribution in [1.82, 2.24) is 15.1 Å². The smallest absolute Gasteiger partial charge is 0.238 e. The van der Waals surface area contributed by atoms with E-state index in [1.165, 1.54) is 12.8 Å². The van der Waals surface area contributed by atoms with E-state index in [1.54, 1.807) is 0 Å². The van der Waals surface area contributed by atoms with Crippen molar-refractivity contribution in [3.8, 4) is 0 Å². The van der Waals surface area contributed by atoms with Crippen LogP contribution in [0.25, 0.3) is 0 Å². The van der Waals surface area contributed by atoms with Gasteiger partial charge in [-0.15, -0.1) is 0 Å². The topological polar surface area (TPSA) is 35.6 Å². The summed E-state index contributed by atoms with van der Waals surface area (Å²) >= 11 is 5.95. The molecule has 1 amide bonds. The SMILES string of the molecule is CN1CCC(CN2C(=O)CNC2c2ccc(Cl)cc2)CC1. The molecular formula is C16H22ClN3O. The molecule has 2 saturated heterocycles. The molecule has 1 unspecified atom stereocenters. The summed E-state index contributed by atoms with van der Waals surface area (Å²) in [5.41, 5.74) is 1.11. The highest BCUT2D eigenvalue weighted by Gasteiger charge is 2.33. The quantitative estimate of drug-likeness (QED) is 0.929. The van der Waals surface area contributed by atoms with E-state index in [0.717, 1.165) is 30.2 Å². The second kappa shape index (κ2) is 6.34. The average Bonchev–Trinajstić information content (AvgIpc) is 2.84. The van der Waals surface area contributed by atoms with Gasteiger partial charge in [0, 0.05) is 11.6 Å². The monoisotopic (exact) mass is 307 g/mol. The molecule has 4 nitrogen and oxygen atoms in total. The molecule has 2 aliphatic rings. The zero-order valence-electron chi connectivity index (χ0n) is 12.4. The summed E-state index contributed by atoms with van der Waals surface area (Å²) < 4.78 is 0. The number of piperidine rings is 1. The van der Waals surface area contributed by atoms with E-state index >= 15 is 0 Å². The molecule has 0 radical (unpaired) electrons. The molecule has 0 aromatic heterocycles. The first-order valence-electron chi connectivity index (χ1n) is 7.60. The third kappa shape index (κ3) is 3.39. The van der Waals surface area contributed by atoms with E-state index < -0.39 is 0 Å². The van der Waals surface area contributed by atoms with Gasteiger partial charge in [0.05, 0.1) is 6.54 Å². The fraction of sp³-hybridized carbons (Fsp3) is 0.562. The molecule has 114 valence electrons. The van der Waals surface area contributed by atoms with Gasteiger partial charge in [0.1, 0.15) is 6.17 Å². The number of carbonyl (C=O) groups excluding carboxylic acids is 1. The van der Waals surface area contributed by atoms with E-state index in [9.17, 15) is 4.79 Å². The summed E-state index contributed by atoms with van der Waals surface area (Å²) in [5.74, 6) is 0.814. The highest BCUT2D eigenvalue weighted by molar-refractivity contribution is 6.30. The van der Waals surface area contributed by atoms with Crippen LogP contribution in [-0.4, -0.2) is 48.9 Å². The van der Waals surface area contributed by atoms with Crippen LogP contribution in [0.5, 0.6) is 0 Å². The Labute approximate surface area is 131 Å². The molecule has 1 aromatic carbocycles. The number of amides is 1. The Morgan fingerprint density at radius 2 is 1.90 bits per heavy atom. The van der Waals surface area contributed by atoms with Gasteiger partial charge in [-0.1, -0.05) is 23.7 Å². The molecule has 2 aliphatic heterocycles. The van der Waals surface area contributed by atoms with Crippen LogP contribution in [0.4, 0.5) is 0 Å². The standard InChI is InChI=1S/C16H22ClN3O/c1-19-8-6-12(7-9-19)11-20-15(21)10-18-16(20)13-2-4-14(17)5-3-13/h2-5,12,16,18H,6-11H2,1H3. The molecule has 2 heterocycles. The highest BCUT2D eigenvalue weighted by Crippen LogP contribution is 2.27. The van der Waals surface area contributed by atoms with Crippen molar-refractivity contribution in [3.05, 3.63) is 34.9 Å². The minimum Gasteiger partial charge on any atom is -0.322 e. The van der Waals surface area contributed by atoms with E-state index in [1.807, 2.05) is 29.2 Å². The van der Waals surface area contributed by atoms with E-state index in [0.29, 0.717) is 12.5 Å². The maximum absolute atomic E-state index is 12.2. The maximum atomic E-state index is 12.2. The van der Waals surface area contributed by atoms with Crippen molar-refractivity contribution in [3.63, 3.8) is 0 Å². The Bertz CT molecular complexity index is 497. The Morgan fingerprint density at radius 3 is 2.57 bits per heavy atom. The molecule has 21 heavy (non-hydrogen) atoms. The molecule has 0 spiro atoms. The third-order valence-corrected chi connectivity index (χ3v) is 4.81. The molecule has 0 saturated carbocycles. The summed E-state index contributed by atoms with van der Waals surface area (Å²) in [6.45, 7) is 3.55. The van der Waals surface area contributed by atoms with Crippen LogP contribution < -0.4 is 5.32 Å². The normalized spacial score (nSPS) is 24.8. The summed E-state index contributed by atoms with van der Waals surface area (Å²) in [4.78, 5) is 16.5. The summed E-state index contributed by atoms with van der Waals surface area (Å²) in [7, 11) is 2.16. The van der Waals surface area contributed by atoms with Crippen LogP contribution in [0, 0.1) is 5.92 Å². The number of benzene rings is 1. The second-order valence-electron chi connectivity index (χ2n) is 6.13. The Morgan fingerprint density at radius 1 is 1.24 bits per heavy atom. The van der Waals surface area contributed by atoms with Crippen LogP contribution in [0.3, 0.4) is 0 Å². The van der Waals surface area contributed by atoms with Crippen LogP contribution >= 0.6 is 11.6 Å². The van der Waals surface area contributed by atoms with E-state index in [2.05, 4.69) is 17.3 Å². The number of hydrogen-bond donors (Lipinski definition) is 1. The van der Waals surface area contributed by atoms with Gasteiger partial charge in [-0.05, 0) is 56.6 Å². The van der Waals surface area contributed by atoms with Crippen molar-refractivity contribution in [2.75, 3.05) is 33.2 Å². The number of carbonyl (C=O) groups is 1. The Hall–Kier alpha value is -1.10. The molecule has 0 aliphatic carbocycles. The average molecular weight is 308 g/mol. The van der Waals surface area contributed by atoms with Gasteiger partial charge in [-0.2, -0.15) is 0 Å². The first kappa shape index (κ1) is 14.8. The van der Waals surface area contributed by atoms with Crippen molar-refractivity contribution < 1.29 is 4.79 Å². The van der Waals surface area contributed by atoms with Crippen LogP contribution in [-0.2, 0) is 4.79 Å². The molecule has 3 rings (SSSR count). The number of nitrogens with zero attached hydrogens (tertiary/aromatic N) is 2. The predicted octanol–water partition coefficient (Wildman–Crippen LogP) is 2.11. The molecule has 1 aromatic rings. The van der Waals surface area contributed by atoms with Gasteiger partial charge < -0.3 is 9.80 Å². The van der Waals surface area contributed by atoms with Gasteiger partial charge in [0.15, 0.2) is 0 Å². The lowest BCUT2D eigenvalue weighted by Gasteiger charge is -2.33. The number of hydrogen-bond acceptors (Lipinski definition) is 3. The predicted molar refractivity (Wildman–Crippen MR) is 84.1 cm³/mol. The fourth-order valence-corrected chi connectivity index (χ4v) is 3.34. The molecule has 1 N–H and O–H groups in total. The number of likely N-dealkylation sites (tertiary alicyclic amines) is 1. The maximum Gasteiger partial charge on any atom is 0.238 e. The van der Waals surface area contributed by atoms with Crippen LogP contribution in [0.2, 0.25) is 5.02 Å². The lowest BCUT2D eigenvalue weighted by atomic mass is 9.96. The Kier molecular flexibility index (Phi) is 4.48. The van der Waals surface area contributed by atoms with Gasteiger partial charge in [0.2, 0.25) is 5.91 Å². The zero-order valence-corrected chi connectivity index (χ0v) is 13.1. The van der Waals surface area contributed by atoms with Gasteiger partial charge >= 0.3 is 0 Å². The fourth-order valence-electron chi connectivity index (χ4n) is 3.21. The van der Waals surface area contributed by atoms with Crippen LogP contribution in [0.15, 0.2) is 24.3 Å². The molecule has 2 fully saturated rings. The van der Waals surface area contributed by atoms with E-state index in [4.69, 9.17) is 11.6 Å². The summed E-state index contributed by atoms with van der Waals surface area (Å²) in [6.07, 6.45) is 2.34. The van der Waals surface area contributed by atoms with Gasteiger partial charge in [-0.25, -0.2) is 0 Å². The molecule has 0 bridgehead atoms. The lowest BCUT2D eigenvalue weighted by molar-refractivity contribution is -0.128. The second-order valence-corrected chi connectivity index (χ2v) is 6.56. The van der Waals surface area contributed by atoms with Crippen molar-refractivity contribution >= 4 is 17.5 Å². The van der Waals surface area contributed by atoms with E-state index in [-0.39, 0.29) is 12.1 Å². The summed E-state index contributed by atoms with van der Waals surface area (Å²) in [5, 5.41) is 4.04. The first-order chi connectivity index (χ1) is 10.1. The number of rotatable bonds is 3. The number of halogens is 1. The van der Waals surface area contributed by atoms with Gasteiger partial charge in [-0.3, -0.25) is 10.1 Å². The largest absolute Gasteiger partial charge is 0.322 e. The lowest BCUT2D eigenvalue weighted by Crippen LogP contribution is -2.39. The minimum atomic E-state index is -0.00516.